The highest BCUT2D eigenvalue weighted by Gasteiger charge is 2.31. The van der Waals surface area contributed by atoms with Gasteiger partial charge in [0.2, 0.25) is 0 Å². The molecule has 0 bridgehead atoms. The van der Waals surface area contributed by atoms with Crippen molar-refractivity contribution in [3.05, 3.63) is 18.2 Å². The van der Waals surface area contributed by atoms with Crippen molar-refractivity contribution in [3.63, 3.8) is 0 Å². The standard InChI is InChI=1S/C14H20N2O3/c1-3-7-18-8-6-16-12-5-4-11(15)9-13(12)19-10(2)14(16)17/h4-5,9-10H,3,6-8,15H2,1-2H3. The lowest BCUT2D eigenvalue weighted by atomic mass is 10.1. The Hall–Kier alpha value is -1.75. The van der Waals surface area contributed by atoms with Gasteiger partial charge in [0, 0.05) is 24.9 Å². The molecule has 1 atom stereocenters. The predicted octanol–water partition coefficient (Wildman–Crippen LogP) is 1.81. The van der Waals surface area contributed by atoms with Gasteiger partial charge in [-0.15, -0.1) is 0 Å². The SMILES string of the molecule is CCCOCCN1C(=O)C(C)Oc2cc(N)ccc21. The largest absolute Gasteiger partial charge is 0.479 e. The van der Waals surface area contributed by atoms with Gasteiger partial charge < -0.3 is 20.1 Å². The van der Waals surface area contributed by atoms with E-state index in [1.807, 2.05) is 6.07 Å². The normalized spacial score (nSPS) is 18.1. The van der Waals surface area contributed by atoms with E-state index < -0.39 is 6.10 Å². The number of ether oxygens (including phenoxy) is 2. The van der Waals surface area contributed by atoms with Crippen LogP contribution in [0, 0.1) is 0 Å². The second kappa shape index (κ2) is 5.93. The summed E-state index contributed by atoms with van der Waals surface area (Å²) < 4.78 is 11.0. The van der Waals surface area contributed by atoms with Crippen LogP contribution < -0.4 is 15.4 Å². The molecule has 1 aliphatic rings. The topological polar surface area (TPSA) is 64.8 Å². The monoisotopic (exact) mass is 264 g/mol. The number of carbonyl (C=O) groups excluding carboxylic acids is 1. The van der Waals surface area contributed by atoms with Crippen molar-refractivity contribution in [2.75, 3.05) is 30.4 Å². The minimum absolute atomic E-state index is 0.0441. The molecule has 5 heteroatoms. The fraction of sp³-hybridized carbons (Fsp3) is 0.500. The molecule has 0 aromatic heterocycles. The second-order valence-corrected chi connectivity index (χ2v) is 4.59. The van der Waals surface area contributed by atoms with Crippen LogP contribution in [0.2, 0.25) is 0 Å². The first-order valence-electron chi connectivity index (χ1n) is 6.58. The lowest BCUT2D eigenvalue weighted by molar-refractivity contribution is -0.125. The summed E-state index contributed by atoms with van der Waals surface area (Å²) in [5.41, 5.74) is 7.13. The average Bonchev–Trinajstić information content (AvgIpc) is 2.38. The maximum atomic E-state index is 12.2. The molecule has 2 N–H and O–H groups in total. The number of hydrogen-bond acceptors (Lipinski definition) is 4. The zero-order valence-corrected chi connectivity index (χ0v) is 11.4. The number of carbonyl (C=O) groups is 1. The molecule has 5 nitrogen and oxygen atoms in total. The third-order valence-electron chi connectivity index (χ3n) is 3.00. The Labute approximate surface area is 113 Å². The van der Waals surface area contributed by atoms with Crippen molar-refractivity contribution >= 4 is 17.3 Å². The Bertz CT molecular complexity index is 462. The number of amides is 1. The fourth-order valence-electron chi connectivity index (χ4n) is 2.06. The number of nitrogens with zero attached hydrogens (tertiary/aromatic N) is 1. The Morgan fingerprint density at radius 2 is 2.21 bits per heavy atom. The molecule has 2 rings (SSSR count). The zero-order chi connectivity index (χ0) is 13.8. The molecule has 0 saturated carbocycles. The molecule has 1 aliphatic heterocycles. The lowest BCUT2D eigenvalue weighted by Gasteiger charge is -2.33. The van der Waals surface area contributed by atoms with Crippen molar-refractivity contribution in [1.82, 2.24) is 0 Å². The van der Waals surface area contributed by atoms with Gasteiger partial charge in [-0.05, 0) is 25.5 Å². The van der Waals surface area contributed by atoms with Crippen molar-refractivity contribution in [1.29, 1.82) is 0 Å². The Morgan fingerprint density at radius 3 is 2.95 bits per heavy atom. The predicted molar refractivity (Wildman–Crippen MR) is 74.4 cm³/mol. The highest BCUT2D eigenvalue weighted by molar-refractivity contribution is 6.00. The van der Waals surface area contributed by atoms with Crippen LogP contribution in [0.25, 0.3) is 0 Å². The number of nitrogens with two attached hydrogens (primary N) is 1. The minimum Gasteiger partial charge on any atom is -0.479 e. The molecular weight excluding hydrogens is 244 g/mol. The van der Waals surface area contributed by atoms with Crippen LogP contribution in [0.3, 0.4) is 0 Å². The van der Waals surface area contributed by atoms with Crippen molar-refractivity contribution in [2.24, 2.45) is 0 Å². The van der Waals surface area contributed by atoms with E-state index in [2.05, 4.69) is 6.92 Å². The van der Waals surface area contributed by atoms with Gasteiger partial charge >= 0.3 is 0 Å². The summed E-state index contributed by atoms with van der Waals surface area (Å²) in [4.78, 5) is 13.9. The number of nitrogen functional groups attached to an aromatic ring is 1. The molecule has 0 radical (unpaired) electrons. The minimum atomic E-state index is -0.486. The van der Waals surface area contributed by atoms with E-state index in [0.29, 0.717) is 31.2 Å². The number of benzene rings is 1. The van der Waals surface area contributed by atoms with Gasteiger partial charge in [-0.3, -0.25) is 4.79 Å². The van der Waals surface area contributed by atoms with Crippen LogP contribution in [-0.4, -0.2) is 31.8 Å². The van der Waals surface area contributed by atoms with Gasteiger partial charge in [0.15, 0.2) is 6.10 Å². The summed E-state index contributed by atoms with van der Waals surface area (Å²) in [7, 11) is 0. The van der Waals surface area contributed by atoms with Crippen LogP contribution in [0.5, 0.6) is 5.75 Å². The summed E-state index contributed by atoms with van der Waals surface area (Å²) in [6.45, 7) is 5.57. The molecule has 0 aliphatic carbocycles. The molecule has 1 heterocycles. The molecule has 0 fully saturated rings. The van der Waals surface area contributed by atoms with Crippen LogP contribution in [0.1, 0.15) is 20.3 Å². The molecular formula is C14H20N2O3. The van der Waals surface area contributed by atoms with Gasteiger partial charge in [0.1, 0.15) is 5.75 Å². The van der Waals surface area contributed by atoms with Gasteiger partial charge in [-0.2, -0.15) is 0 Å². The van der Waals surface area contributed by atoms with Gasteiger partial charge in [0.05, 0.1) is 12.3 Å². The smallest absolute Gasteiger partial charge is 0.267 e. The maximum Gasteiger partial charge on any atom is 0.267 e. The van der Waals surface area contributed by atoms with E-state index in [-0.39, 0.29) is 5.91 Å². The van der Waals surface area contributed by atoms with Crippen LogP contribution >= 0.6 is 0 Å². The fourth-order valence-corrected chi connectivity index (χ4v) is 2.06. The summed E-state index contributed by atoms with van der Waals surface area (Å²) in [6, 6.07) is 5.33. The lowest BCUT2D eigenvalue weighted by Crippen LogP contribution is -2.45. The van der Waals surface area contributed by atoms with E-state index in [9.17, 15) is 4.79 Å². The summed E-state index contributed by atoms with van der Waals surface area (Å²) >= 11 is 0. The summed E-state index contributed by atoms with van der Waals surface area (Å²) in [5, 5.41) is 0. The summed E-state index contributed by atoms with van der Waals surface area (Å²) in [6.07, 6.45) is 0.487. The van der Waals surface area contributed by atoms with Crippen molar-refractivity contribution in [3.8, 4) is 5.75 Å². The average molecular weight is 264 g/mol. The van der Waals surface area contributed by atoms with Gasteiger partial charge in [-0.1, -0.05) is 6.92 Å². The van der Waals surface area contributed by atoms with Gasteiger partial charge in [-0.25, -0.2) is 0 Å². The highest BCUT2D eigenvalue weighted by atomic mass is 16.5. The van der Waals surface area contributed by atoms with Crippen LogP contribution in [-0.2, 0) is 9.53 Å². The molecule has 1 amide bonds. The maximum absolute atomic E-state index is 12.2. The van der Waals surface area contributed by atoms with E-state index in [0.717, 1.165) is 12.1 Å². The molecule has 1 aromatic carbocycles. The van der Waals surface area contributed by atoms with E-state index >= 15 is 0 Å². The Morgan fingerprint density at radius 1 is 1.42 bits per heavy atom. The number of fused-ring (bicyclic) bond motifs is 1. The third-order valence-corrected chi connectivity index (χ3v) is 3.00. The Balaban J connectivity index is 2.14. The van der Waals surface area contributed by atoms with Crippen molar-refractivity contribution in [2.45, 2.75) is 26.4 Å². The first kappa shape index (κ1) is 13.7. The summed E-state index contributed by atoms with van der Waals surface area (Å²) in [5.74, 6) is 0.611. The number of rotatable bonds is 5. The zero-order valence-electron chi connectivity index (χ0n) is 11.4. The molecule has 1 unspecified atom stereocenters. The molecule has 0 saturated heterocycles. The van der Waals surface area contributed by atoms with Gasteiger partial charge in [0.25, 0.3) is 5.91 Å². The highest BCUT2D eigenvalue weighted by Crippen LogP contribution is 2.35. The van der Waals surface area contributed by atoms with Crippen molar-refractivity contribution < 1.29 is 14.3 Å². The van der Waals surface area contributed by atoms with E-state index in [1.165, 1.54) is 0 Å². The molecule has 19 heavy (non-hydrogen) atoms. The first-order valence-corrected chi connectivity index (χ1v) is 6.58. The Kier molecular flexibility index (Phi) is 4.27. The van der Waals surface area contributed by atoms with Crippen LogP contribution in [0.15, 0.2) is 18.2 Å². The van der Waals surface area contributed by atoms with Crippen LogP contribution in [0.4, 0.5) is 11.4 Å². The second-order valence-electron chi connectivity index (χ2n) is 4.59. The quantitative estimate of drug-likeness (QED) is 0.650. The molecule has 104 valence electrons. The van der Waals surface area contributed by atoms with E-state index in [4.69, 9.17) is 15.2 Å². The number of anilines is 2. The van der Waals surface area contributed by atoms with E-state index in [1.54, 1.807) is 24.0 Å². The molecule has 0 spiro atoms. The number of hydrogen-bond donors (Lipinski definition) is 1. The third kappa shape index (κ3) is 2.98. The first-order chi connectivity index (χ1) is 9.13. The molecule has 1 aromatic rings.